The summed E-state index contributed by atoms with van der Waals surface area (Å²) in [4.78, 5) is 25.7. The van der Waals surface area contributed by atoms with E-state index in [2.05, 4.69) is 6.07 Å². The van der Waals surface area contributed by atoms with Crippen LogP contribution in [0.25, 0.3) is 0 Å². The zero-order valence-electron chi connectivity index (χ0n) is 13.6. The molecule has 3 rings (SSSR count). The molecule has 0 radical (unpaired) electrons. The van der Waals surface area contributed by atoms with Gasteiger partial charge in [-0.3, -0.25) is 9.59 Å². The Hall–Kier alpha value is -3.13. The Kier molecular flexibility index (Phi) is 4.80. The molecule has 1 heterocycles. The van der Waals surface area contributed by atoms with Crippen molar-refractivity contribution in [3.63, 3.8) is 0 Å². The summed E-state index contributed by atoms with van der Waals surface area (Å²) < 4.78 is 0. The van der Waals surface area contributed by atoms with Gasteiger partial charge >= 0.3 is 5.97 Å². The first kappa shape index (κ1) is 16.7. The highest BCUT2D eigenvalue weighted by atomic mass is 16.4. The van der Waals surface area contributed by atoms with Crippen LogP contribution < -0.4 is 0 Å². The van der Waals surface area contributed by atoms with Crippen molar-refractivity contribution in [3.05, 3.63) is 71.3 Å². The van der Waals surface area contributed by atoms with Crippen LogP contribution >= 0.6 is 0 Å². The molecular formula is C20H18N2O3. The van der Waals surface area contributed by atoms with Crippen LogP contribution in [-0.4, -0.2) is 28.4 Å². The van der Waals surface area contributed by atoms with Gasteiger partial charge in [-0.1, -0.05) is 42.5 Å². The van der Waals surface area contributed by atoms with Crippen LogP contribution in [-0.2, 0) is 16.0 Å². The predicted molar refractivity (Wildman–Crippen MR) is 91.5 cm³/mol. The molecule has 1 saturated heterocycles. The number of carboxylic acids is 1. The molecule has 0 aromatic heterocycles. The maximum atomic E-state index is 12.4. The van der Waals surface area contributed by atoms with Crippen molar-refractivity contribution in [1.82, 2.24) is 4.90 Å². The lowest BCUT2D eigenvalue weighted by molar-refractivity contribution is -0.142. The quantitative estimate of drug-likeness (QED) is 0.911. The Balaban J connectivity index is 1.89. The Morgan fingerprint density at radius 2 is 1.96 bits per heavy atom. The van der Waals surface area contributed by atoms with E-state index in [4.69, 9.17) is 5.26 Å². The Morgan fingerprint density at radius 3 is 2.64 bits per heavy atom. The van der Waals surface area contributed by atoms with E-state index in [-0.39, 0.29) is 12.3 Å². The molecule has 1 fully saturated rings. The van der Waals surface area contributed by atoms with Gasteiger partial charge in [0.15, 0.2) is 0 Å². The number of benzene rings is 2. The molecular weight excluding hydrogens is 316 g/mol. The molecule has 1 N–H and O–H groups in total. The number of hydrogen-bond acceptors (Lipinski definition) is 3. The molecule has 25 heavy (non-hydrogen) atoms. The number of likely N-dealkylation sites (tertiary alicyclic amines) is 1. The normalized spacial score (nSPS) is 19.6. The summed E-state index contributed by atoms with van der Waals surface area (Å²) >= 11 is 0. The molecule has 2 aromatic carbocycles. The Bertz CT molecular complexity index is 826. The summed E-state index contributed by atoms with van der Waals surface area (Å²) in [6.45, 7) is 0.452. The second-order valence-electron chi connectivity index (χ2n) is 6.15. The van der Waals surface area contributed by atoms with Gasteiger partial charge in [-0.25, -0.2) is 0 Å². The SMILES string of the molecule is N#Cc1cccc([C@H]2[C@H](C(=O)O)CC(=O)N2CCc2ccccc2)c1. The van der Waals surface area contributed by atoms with E-state index < -0.39 is 17.9 Å². The molecule has 1 amide bonds. The lowest BCUT2D eigenvalue weighted by atomic mass is 9.92. The highest BCUT2D eigenvalue weighted by Gasteiger charge is 2.44. The summed E-state index contributed by atoms with van der Waals surface area (Å²) in [6.07, 6.45) is 0.652. The molecule has 0 aliphatic carbocycles. The molecule has 5 nitrogen and oxygen atoms in total. The van der Waals surface area contributed by atoms with E-state index in [9.17, 15) is 14.7 Å². The van der Waals surface area contributed by atoms with Gasteiger partial charge in [0.1, 0.15) is 0 Å². The smallest absolute Gasteiger partial charge is 0.309 e. The number of rotatable bonds is 5. The van der Waals surface area contributed by atoms with Gasteiger partial charge in [-0.05, 0) is 29.7 Å². The molecule has 0 spiro atoms. The van der Waals surface area contributed by atoms with Crippen LogP contribution in [0.5, 0.6) is 0 Å². The van der Waals surface area contributed by atoms with Crippen LogP contribution in [0.3, 0.4) is 0 Å². The van der Waals surface area contributed by atoms with Crippen molar-refractivity contribution in [2.75, 3.05) is 6.54 Å². The van der Waals surface area contributed by atoms with Gasteiger partial charge in [0, 0.05) is 13.0 Å². The molecule has 5 heteroatoms. The first-order valence-electron chi connectivity index (χ1n) is 8.16. The van der Waals surface area contributed by atoms with E-state index in [1.165, 1.54) is 0 Å². The predicted octanol–water partition coefficient (Wildman–Crippen LogP) is 2.78. The number of amides is 1. The van der Waals surface area contributed by atoms with Crippen molar-refractivity contribution in [1.29, 1.82) is 5.26 Å². The number of carboxylic acid groups (broad SMARTS) is 1. The van der Waals surface area contributed by atoms with Crippen molar-refractivity contribution in [2.24, 2.45) is 5.92 Å². The maximum absolute atomic E-state index is 12.4. The van der Waals surface area contributed by atoms with Crippen molar-refractivity contribution in [2.45, 2.75) is 18.9 Å². The highest BCUT2D eigenvalue weighted by Crippen LogP contribution is 2.38. The number of aliphatic carboxylic acids is 1. The standard InChI is InChI=1S/C20H18N2O3/c21-13-15-7-4-8-16(11-15)19-17(20(24)25)12-18(23)22(19)10-9-14-5-2-1-3-6-14/h1-8,11,17,19H,9-10,12H2,(H,24,25)/t17-,19+/m1/s1. The first-order chi connectivity index (χ1) is 12.1. The molecule has 1 aliphatic heterocycles. The third-order valence-corrected chi connectivity index (χ3v) is 4.59. The largest absolute Gasteiger partial charge is 0.481 e. The highest BCUT2D eigenvalue weighted by molar-refractivity contribution is 5.87. The summed E-state index contributed by atoms with van der Waals surface area (Å²) in [6, 6.07) is 18.2. The van der Waals surface area contributed by atoms with Gasteiger partial charge in [0.25, 0.3) is 0 Å². The minimum absolute atomic E-state index is 0.00836. The summed E-state index contributed by atoms with van der Waals surface area (Å²) in [5, 5.41) is 18.7. The fraction of sp³-hybridized carbons (Fsp3) is 0.250. The fourth-order valence-electron chi connectivity index (χ4n) is 3.37. The second-order valence-corrected chi connectivity index (χ2v) is 6.15. The molecule has 2 atom stereocenters. The fourth-order valence-corrected chi connectivity index (χ4v) is 3.37. The first-order valence-corrected chi connectivity index (χ1v) is 8.16. The number of hydrogen-bond donors (Lipinski definition) is 1. The Labute approximate surface area is 146 Å². The van der Waals surface area contributed by atoms with Gasteiger partial charge in [-0.15, -0.1) is 0 Å². The summed E-state index contributed by atoms with van der Waals surface area (Å²) in [5.41, 5.74) is 2.26. The molecule has 0 saturated carbocycles. The van der Waals surface area contributed by atoms with Crippen molar-refractivity contribution >= 4 is 11.9 Å². The average Bonchev–Trinajstić information content (AvgIpc) is 2.97. The third-order valence-electron chi connectivity index (χ3n) is 4.59. The number of carbonyl (C=O) groups excluding carboxylic acids is 1. The maximum Gasteiger partial charge on any atom is 0.309 e. The van der Waals surface area contributed by atoms with E-state index >= 15 is 0 Å². The lowest BCUT2D eigenvalue weighted by Gasteiger charge is -2.27. The number of nitrogens with zero attached hydrogens (tertiary/aromatic N) is 2. The number of carbonyl (C=O) groups is 2. The Morgan fingerprint density at radius 1 is 1.20 bits per heavy atom. The molecule has 0 unspecified atom stereocenters. The minimum atomic E-state index is -0.983. The van der Waals surface area contributed by atoms with Gasteiger partial charge in [0.2, 0.25) is 5.91 Å². The van der Waals surface area contributed by atoms with Crippen molar-refractivity contribution in [3.8, 4) is 6.07 Å². The van der Waals surface area contributed by atoms with Gasteiger partial charge < -0.3 is 10.0 Å². The average molecular weight is 334 g/mol. The molecule has 0 bridgehead atoms. The molecule has 1 aliphatic rings. The van der Waals surface area contributed by atoms with Crippen LogP contribution in [0.1, 0.15) is 29.2 Å². The van der Waals surface area contributed by atoms with E-state index in [1.807, 2.05) is 30.3 Å². The zero-order valence-corrected chi connectivity index (χ0v) is 13.6. The summed E-state index contributed by atoms with van der Waals surface area (Å²) in [5.74, 6) is -1.93. The molecule has 2 aromatic rings. The minimum Gasteiger partial charge on any atom is -0.481 e. The van der Waals surface area contributed by atoms with Crippen LogP contribution in [0, 0.1) is 17.2 Å². The van der Waals surface area contributed by atoms with Crippen LogP contribution in [0.15, 0.2) is 54.6 Å². The van der Waals surface area contributed by atoms with E-state index in [0.717, 1.165) is 5.56 Å². The van der Waals surface area contributed by atoms with E-state index in [0.29, 0.717) is 24.1 Å². The van der Waals surface area contributed by atoms with Gasteiger partial charge in [0.05, 0.1) is 23.6 Å². The van der Waals surface area contributed by atoms with Crippen LogP contribution in [0.2, 0.25) is 0 Å². The van der Waals surface area contributed by atoms with E-state index in [1.54, 1.807) is 29.2 Å². The lowest BCUT2D eigenvalue weighted by Crippen LogP contribution is -2.32. The van der Waals surface area contributed by atoms with Crippen LogP contribution in [0.4, 0.5) is 0 Å². The third kappa shape index (κ3) is 3.53. The zero-order chi connectivity index (χ0) is 17.8. The number of nitriles is 1. The van der Waals surface area contributed by atoms with Gasteiger partial charge in [-0.2, -0.15) is 5.26 Å². The molecule has 126 valence electrons. The summed E-state index contributed by atoms with van der Waals surface area (Å²) in [7, 11) is 0. The van der Waals surface area contributed by atoms with Crippen molar-refractivity contribution < 1.29 is 14.7 Å². The topological polar surface area (TPSA) is 81.4 Å². The second kappa shape index (κ2) is 7.18. The monoisotopic (exact) mass is 334 g/mol.